The van der Waals surface area contributed by atoms with E-state index < -0.39 is 68.3 Å². The first-order valence-corrected chi connectivity index (χ1v) is 11.1. The van der Waals surface area contributed by atoms with Gasteiger partial charge in [0.05, 0.1) is 0 Å². The fourth-order valence-electron chi connectivity index (χ4n) is 1.34. The topological polar surface area (TPSA) is 149 Å². The summed E-state index contributed by atoms with van der Waals surface area (Å²) in [5, 5.41) is 16.2. The lowest BCUT2D eigenvalue weighted by molar-refractivity contribution is -0.238. The number of unbranched alkanes of at least 4 members (excludes halogenated alkanes) is 1. The van der Waals surface area contributed by atoms with Crippen LogP contribution in [0.5, 0.6) is 0 Å². The first kappa shape index (κ1) is 37.4. The van der Waals surface area contributed by atoms with Gasteiger partial charge in [0.2, 0.25) is 0 Å². The van der Waals surface area contributed by atoms with E-state index in [-0.39, 0.29) is 13.2 Å². The Labute approximate surface area is 184 Å². The van der Waals surface area contributed by atoms with E-state index in [0.717, 1.165) is 12.8 Å². The van der Waals surface area contributed by atoms with Crippen molar-refractivity contribution in [3.63, 3.8) is 0 Å². The third-order valence-electron chi connectivity index (χ3n) is 2.63. The maximum atomic E-state index is 12.2. The number of hydrogen-bond donors (Lipinski definition) is 4. The Hall–Kier alpha value is -1.10. The van der Waals surface area contributed by atoms with Crippen LogP contribution in [0.2, 0.25) is 0 Å². The normalized spacial score (nSPS) is 15.4. The molecule has 0 aliphatic heterocycles. The summed E-state index contributed by atoms with van der Waals surface area (Å²) >= 11 is 0. The van der Waals surface area contributed by atoms with E-state index in [1.807, 2.05) is 0 Å². The van der Waals surface area contributed by atoms with Gasteiger partial charge in [0.15, 0.2) is 0 Å². The van der Waals surface area contributed by atoms with Crippen molar-refractivity contribution in [2.45, 2.75) is 49.4 Å². The molecular formula is C12H18F12O8S2. The monoisotopic (exact) mass is 582 g/mol. The van der Waals surface area contributed by atoms with Gasteiger partial charge >= 0.3 is 24.2 Å². The van der Waals surface area contributed by atoms with E-state index in [2.05, 4.69) is 0 Å². The second kappa shape index (κ2) is 13.8. The van der Waals surface area contributed by atoms with Gasteiger partial charge in [-0.25, -0.2) is 26.3 Å². The molecule has 0 radical (unpaired) electrons. The SMILES string of the molecule is O=S(=O)(O)CC(F)(F)C(F)C(F)(F)F.O=S(=O)(O)CC(F)(F)C(F)C(F)(F)F.OCCCCO. The summed E-state index contributed by atoms with van der Waals surface area (Å²) in [4.78, 5) is 0. The van der Waals surface area contributed by atoms with E-state index >= 15 is 0 Å². The lowest BCUT2D eigenvalue weighted by atomic mass is 10.2. The van der Waals surface area contributed by atoms with Gasteiger partial charge in [0.25, 0.3) is 32.6 Å². The van der Waals surface area contributed by atoms with Crippen LogP contribution in [0.1, 0.15) is 12.8 Å². The molecule has 8 nitrogen and oxygen atoms in total. The van der Waals surface area contributed by atoms with Gasteiger partial charge in [0.1, 0.15) is 11.5 Å². The highest BCUT2D eigenvalue weighted by Crippen LogP contribution is 2.36. The van der Waals surface area contributed by atoms with Crippen LogP contribution in [0.3, 0.4) is 0 Å². The smallest absolute Gasteiger partial charge is 0.396 e. The molecule has 0 amide bonds. The van der Waals surface area contributed by atoms with Crippen molar-refractivity contribution in [3.05, 3.63) is 0 Å². The molecule has 0 saturated heterocycles. The maximum Gasteiger partial charge on any atom is 0.425 e. The molecule has 0 aromatic rings. The van der Waals surface area contributed by atoms with Gasteiger partial charge in [-0.3, -0.25) is 9.11 Å². The Morgan fingerprint density at radius 3 is 0.882 bits per heavy atom. The molecule has 0 heterocycles. The molecule has 0 aliphatic carbocycles. The number of aliphatic hydroxyl groups excluding tert-OH is 2. The van der Waals surface area contributed by atoms with Crippen molar-refractivity contribution in [1.82, 2.24) is 0 Å². The van der Waals surface area contributed by atoms with Crippen molar-refractivity contribution >= 4 is 20.2 Å². The van der Waals surface area contributed by atoms with E-state index in [9.17, 15) is 69.5 Å². The van der Waals surface area contributed by atoms with Crippen LogP contribution in [-0.4, -0.2) is 97.4 Å². The predicted octanol–water partition coefficient (Wildman–Crippen LogP) is 2.57. The van der Waals surface area contributed by atoms with Crippen molar-refractivity contribution in [2.75, 3.05) is 24.7 Å². The molecule has 0 saturated carbocycles. The highest BCUT2D eigenvalue weighted by atomic mass is 32.2. The third kappa shape index (κ3) is 19.2. The van der Waals surface area contributed by atoms with Gasteiger partial charge in [0, 0.05) is 13.2 Å². The van der Waals surface area contributed by atoms with Crippen molar-refractivity contribution in [3.8, 4) is 0 Å². The van der Waals surface area contributed by atoms with Gasteiger partial charge < -0.3 is 10.2 Å². The predicted molar refractivity (Wildman–Crippen MR) is 88.0 cm³/mol. The molecule has 2 atom stereocenters. The molecule has 2 unspecified atom stereocenters. The fraction of sp³-hybridized carbons (Fsp3) is 1.00. The summed E-state index contributed by atoms with van der Waals surface area (Å²) in [7, 11) is -10.8. The van der Waals surface area contributed by atoms with Crippen molar-refractivity contribution in [2.24, 2.45) is 0 Å². The molecule has 4 N–H and O–H groups in total. The van der Waals surface area contributed by atoms with Crippen molar-refractivity contribution < 1.29 is 88.8 Å². The summed E-state index contributed by atoms with van der Waals surface area (Å²) in [5.74, 6) is -15.6. The molecule has 22 heteroatoms. The van der Waals surface area contributed by atoms with E-state index in [1.54, 1.807) is 0 Å². The number of aliphatic hydroxyl groups is 2. The average Bonchev–Trinajstić information content (AvgIpc) is 2.54. The summed E-state index contributed by atoms with van der Waals surface area (Å²) in [6.45, 7) is 0.390. The lowest BCUT2D eigenvalue weighted by Gasteiger charge is -2.21. The highest BCUT2D eigenvalue weighted by molar-refractivity contribution is 7.86. The lowest BCUT2D eigenvalue weighted by Crippen LogP contribution is -2.46. The second-order valence-electron chi connectivity index (χ2n) is 5.94. The minimum Gasteiger partial charge on any atom is -0.396 e. The Bertz CT molecular complexity index is 714. The van der Waals surface area contributed by atoms with E-state index in [0.29, 0.717) is 0 Å². The van der Waals surface area contributed by atoms with Gasteiger partial charge in [-0.1, -0.05) is 0 Å². The zero-order chi connectivity index (χ0) is 28.4. The number of halogens is 12. The Kier molecular flexibility index (Phi) is 15.3. The zero-order valence-electron chi connectivity index (χ0n) is 16.2. The summed E-state index contributed by atoms with van der Waals surface area (Å²) in [6, 6.07) is 0. The Morgan fingerprint density at radius 1 is 0.559 bits per heavy atom. The van der Waals surface area contributed by atoms with Gasteiger partial charge in [-0.15, -0.1) is 0 Å². The fourth-order valence-corrected chi connectivity index (χ4v) is 2.60. The number of hydrogen-bond acceptors (Lipinski definition) is 6. The van der Waals surface area contributed by atoms with Gasteiger partial charge in [-0.2, -0.15) is 43.2 Å². The molecule has 0 fully saturated rings. The minimum atomic E-state index is -5.88. The molecule has 0 aromatic carbocycles. The molecule has 0 aliphatic rings. The average molecular weight is 582 g/mol. The highest BCUT2D eigenvalue weighted by Gasteiger charge is 2.59. The third-order valence-corrected chi connectivity index (χ3v) is 4.13. The maximum absolute atomic E-state index is 12.2. The Morgan fingerprint density at radius 2 is 0.765 bits per heavy atom. The second-order valence-corrected chi connectivity index (χ2v) is 8.84. The summed E-state index contributed by atoms with van der Waals surface area (Å²) in [5.41, 5.74) is 0. The molecule has 0 spiro atoms. The first-order chi connectivity index (χ1) is 14.6. The number of alkyl halides is 12. The van der Waals surface area contributed by atoms with Gasteiger partial charge in [-0.05, 0) is 12.8 Å². The van der Waals surface area contributed by atoms with Crippen LogP contribution in [0.4, 0.5) is 52.7 Å². The van der Waals surface area contributed by atoms with E-state index in [4.69, 9.17) is 19.3 Å². The molecular weight excluding hydrogens is 564 g/mol. The van der Waals surface area contributed by atoms with E-state index in [1.165, 1.54) is 0 Å². The largest absolute Gasteiger partial charge is 0.425 e. The van der Waals surface area contributed by atoms with Crippen LogP contribution >= 0.6 is 0 Å². The van der Waals surface area contributed by atoms with Crippen LogP contribution in [0.25, 0.3) is 0 Å². The van der Waals surface area contributed by atoms with Crippen LogP contribution < -0.4 is 0 Å². The summed E-state index contributed by atoms with van der Waals surface area (Å²) in [6.07, 6.45) is -19.6. The quantitative estimate of drug-likeness (QED) is 0.184. The minimum absolute atomic E-state index is 0.195. The zero-order valence-corrected chi connectivity index (χ0v) is 17.8. The first-order valence-electron chi connectivity index (χ1n) is 7.93. The molecule has 0 rings (SSSR count). The molecule has 0 bridgehead atoms. The molecule has 0 aromatic heterocycles. The van der Waals surface area contributed by atoms with Crippen molar-refractivity contribution in [1.29, 1.82) is 0 Å². The number of rotatable bonds is 9. The Balaban J connectivity index is -0.000000458. The standard InChI is InChI=1S/2C4H4F6O3S.C4H10O2/c2*5-2(4(8,9)10)3(6,7)1-14(11,12)13;5-3-1-2-4-6/h2*2H,1H2,(H,11,12,13);5-6H,1-4H2. The summed E-state index contributed by atoms with van der Waals surface area (Å²) < 4.78 is 196. The molecule has 210 valence electrons. The van der Waals surface area contributed by atoms with Crippen LogP contribution in [0.15, 0.2) is 0 Å². The molecule has 34 heavy (non-hydrogen) atoms. The van der Waals surface area contributed by atoms with Crippen LogP contribution in [0, 0.1) is 0 Å². The van der Waals surface area contributed by atoms with Crippen LogP contribution in [-0.2, 0) is 20.2 Å².